The second-order valence-corrected chi connectivity index (χ2v) is 8.81. The molecule has 2 aliphatic rings. The van der Waals surface area contributed by atoms with Gasteiger partial charge in [-0.3, -0.25) is 9.69 Å². The zero-order valence-corrected chi connectivity index (χ0v) is 18.8. The number of hydrogen-bond donors (Lipinski definition) is 1. The van der Waals surface area contributed by atoms with Gasteiger partial charge >= 0.3 is 0 Å². The number of nitriles is 1. The smallest absolute Gasteiger partial charge is 0.239 e. The van der Waals surface area contributed by atoms with E-state index in [2.05, 4.69) is 39.9 Å². The molecule has 1 aliphatic heterocycles. The Bertz CT molecular complexity index is 998. The summed E-state index contributed by atoms with van der Waals surface area (Å²) in [7, 11) is 1.68. The van der Waals surface area contributed by atoms with E-state index in [4.69, 9.17) is 4.74 Å². The van der Waals surface area contributed by atoms with Gasteiger partial charge in [-0.2, -0.15) is 5.26 Å². The zero-order chi connectivity index (χ0) is 22.0. The van der Waals surface area contributed by atoms with E-state index in [1.54, 1.807) is 7.11 Å². The summed E-state index contributed by atoms with van der Waals surface area (Å²) in [6.07, 6.45) is 6.70. The zero-order valence-electron chi connectivity index (χ0n) is 18.8. The largest absolute Gasteiger partial charge is 0.497 e. The molecule has 6 heteroatoms. The summed E-state index contributed by atoms with van der Waals surface area (Å²) >= 11 is 0. The maximum Gasteiger partial charge on any atom is 0.239 e. The highest BCUT2D eigenvalue weighted by Crippen LogP contribution is 2.38. The van der Waals surface area contributed by atoms with Crippen molar-refractivity contribution in [2.75, 3.05) is 25.5 Å². The van der Waals surface area contributed by atoms with E-state index >= 15 is 0 Å². The molecular weight excluding hydrogens is 388 g/mol. The number of carbonyl (C=O) groups is 1. The molecule has 1 N–H and O–H groups in total. The molecular formula is C25H32N4O2. The van der Waals surface area contributed by atoms with Crippen LogP contribution in [0.25, 0.3) is 0 Å². The molecule has 0 spiro atoms. The first kappa shape index (κ1) is 21.5. The lowest BCUT2D eigenvalue weighted by Crippen LogP contribution is -2.33. The number of rotatable bonds is 6. The Morgan fingerprint density at radius 1 is 1.23 bits per heavy atom. The van der Waals surface area contributed by atoms with E-state index in [1.165, 1.54) is 18.4 Å². The van der Waals surface area contributed by atoms with Gasteiger partial charge in [0.15, 0.2) is 0 Å². The molecule has 2 aromatic rings. The van der Waals surface area contributed by atoms with Crippen LogP contribution in [0.2, 0.25) is 0 Å². The van der Waals surface area contributed by atoms with Crippen LogP contribution in [0, 0.1) is 25.2 Å². The minimum absolute atomic E-state index is 0.0527. The summed E-state index contributed by atoms with van der Waals surface area (Å²) in [6.45, 7) is 5.25. The second kappa shape index (κ2) is 9.15. The van der Waals surface area contributed by atoms with Crippen molar-refractivity contribution in [3.05, 3.63) is 46.6 Å². The van der Waals surface area contributed by atoms with E-state index < -0.39 is 0 Å². The molecule has 1 atom stereocenters. The molecule has 1 amide bonds. The lowest BCUT2D eigenvalue weighted by atomic mass is 10.0. The molecule has 1 aromatic heterocycles. The number of anilines is 1. The van der Waals surface area contributed by atoms with Crippen LogP contribution in [0.15, 0.2) is 24.3 Å². The summed E-state index contributed by atoms with van der Waals surface area (Å²) < 4.78 is 7.59. The van der Waals surface area contributed by atoms with Crippen LogP contribution < -0.4 is 10.1 Å². The van der Waals surface area contributed by atoms with E-state index in [-0.39, 0.29) is 11.9 Å². The first-order chi connectivity index (χ1) is 15.0. The first-order valence-electron chi connectivity index (χ1n) is 11.3. The molecule has 1 saturated heterocycles. The molecule has 1 saturated carbocycles. The molecule has 1 aromatic carbocycles. The number of amides is 1. The minimum atomic E-state index is -0.0527. The molecule has 31 heavy (non-hydrogen) atoms. The number of nitrogens with zero attached hydrogens (tertiary/aromatic N) is 3. The molecule has 0 bridgehead atoms. The summed E-state index contributed by atoms with van der Waals surface area (Å²) in [5.74, 6) is 1.47. The third-order valence-corrected chi connectivity index (χ3v) is 7.01. The highest BCUT2D eigenvalue weighted by atomic mass is 16.5. The molecule has 4 rings (SSSR count). The summed E-state index contributed by atoms with van der Waals surface area (Å²) in [5.41, 5.74) is 3.85. The van der Waals surface area contributed by atoms with E-state index in [1.807, 2.05) is 19.1 Å². The van der Waals surface area contributed by atoms with Gasteiger partial charge in [0.25, 0.3) is 0 Å². The van der Waals surface area contributed by atoms with Gasteiger partial charge in [-0.25, -0.2) is 0 Å². The van der Waals surface area contributed by atoms with Crippen molar-refractivity contribution in [3.63, 3.8) is 0 Å². The van der Waals surface area contributed by atoms with Crippen LogP contribution in [0.1, 0.15) is 73.0 Å². The summed E-state index contributed by atoms with van der Waals surface area (Å²) in [6, 6.07) is 11.0. The Balaban J connectivity index is 1.53. The molecule has 2 fully saturated rings. The molecule has 1 unspecified atom stereocenters. The number of benzene rings is 1. The van der Waals surface area contributed by atoms with Crippen molar-refractivity contribution in [1.82, 2.24) is 9.47 Å². The molecule has 0 radical (unpaired) electrons. The lowest BCUT2D eigenvalue weighted by molar-refractivity contribution is -0.117. The van der Waals surface area contributed by atoms with Gasteiger partial charge in [0, 0.05) is 17.8 Å². The van der Waals surface area contributed by atoms with Crippen molar-refractivity contribution in [2.24, 2.45) is 0 Å². The predicted molar refractivity (Wildman–Crippen MR) is 121 cm³/mol. The van der Waals surface area contributed by atoms with Crippen molar-refractivity contribution in [1.29, 1.82) is 5.26 Å². The quantitative estimate of drug-likeness (QED) is 0.723. The van der Waals surface area contributed by atoms with Crippen LogP contribution >= 0.6 is 0 Å². The number of hydrogen-bond acceptors (Lipinski definition) is 4. The van der Waals surface area contributed by atoms with Crippen molar-refractivity contribution in [2.45, 2.75) is 64.5 Å². The van der Waals surface area contributed by atoms with E-state index in [0.717, 1.165) is 49.2 Å². The van der Waals surface area contributed by atoms with Crippen LogP contribution in [0.4, 0.5) is 5.82 Å². The Hall–Kier alpha value is -2.78. The predicted octanol–water partition coefficient (Wildman–Crippen LogP) is 4.88. The normalized spacial score (nSPS) is 19.5. The fraction of sp³-hybridized carbons (Fsp3) is 0.520. The molecule has 164 valence electrons. The molecule has 2 heterocycles. The first-order valence-corrected chi connectivity index (χ1v) is 11.3. The Morgan fingerprint density at radius 2 is 2.00 bits per heavy atom. The number of carbonyl (C=O) groups excluding carboxylic acids is 1. The average molecular weight is 421 g/mol. The van der Waals surface area contributed by atoms with Crippen molar-refractivity contribution >= 4 is 11.7 Å². The summed E-state index contributed by atoms with van der Waals surface area (Å²) in [4.78, 5) is 15.4. The maximum absolute atomic E-state index is 13.1. The fourth-order valence-electron chi connectivity index (χ4n) is 5.30. The van der Waals surface area contributed by atoms with Crippen LogP contribution in [0.5, 0.6) is 5.75 Å². The standard InChI is InChI=1S/C25H32N4O2/c1-17-18(2)29(20-9-4-5-10-20)25(22(17)15-26)27-24(30)16-28-13-7-12-23(28)19-8-6-11-21(14-19)31-3/h6,8,11,14,20,23H,4-5,7,9-10,12-13,16H2,1-3H3,(H,27,30). The topological polar surface area (TPSA) is 70.3 Å². The van der Waals surface area contributed by atoms with Crippen LogP contribution in [0.3, 0.4) is 0 Å². The second-order valence-electron chi connectivity index (χ2n) is 8.81. The van der Waals surface area contributed by atoms with Crippen LogP contribution in [-0.2, 0) is 4.79 Å². The molecule has 1 aliphatic carbocycles. The number of methoxy groups -OCH3 is 1. The summed E-state index contributed by atoms with van der Waals surface area (Å²) in [5, 5.41) is 12.9. The Kier molecular flexibility index (Phi) is 6.33. The van der Waals surface area contributed by atoms with Gasteiger partial charge in [0.05, 0.1) is 19.2 Å². The van der Waals surface area contributed by atoms with Gasteiger partial charge in [-0.15, -0.1) is 0 Å². The van der Waals surface area contributed by atoms with Crippen molar-refractivity contribution < 1.29 is 9.53 Å². The van der Waals surface area contributed by atoms with E-state index in [9.17, 15) is 10.1 Å². The highest BCUT2D eigenvalue weighted by Gasteiger charge is 2.30. The average Bonchev–Trinajstić information content (AvgIpc) is 3.50. The van der Waals surface area contributed by atoms with Crippen molar-refractivity contribution in [3.8, 4) is 11.8 Å². The van der Waals surface area contributed by atoms with Gasteiger partial charge in [-0.1, -0.05) is 25.0 Å². The number of likely N-dealkylation sites (tertiary alicyclic amines) is 1. The Morgan fingerprint density at radius 3 is 2.71 bits per heavy atom. The highest BCUT2D eigenvalue weighted by molar-refractivity contribution is 5.93. The van der Waals surface area contributed by atoms with Crippen LogP contribution in [-0.4, -0.2) is 35.6 Å². The third-order valence-electron chi connectivity index (χ3n) is 7.01. The van der Waals surface area contributed by atoms with Gasteiger partial charge in [0.1, 0.15) is 17.6 Å². The maximum atomic E-state index is 13.1. The number of aromatic nitrogens is 1. The SMILES string of the molecule is COc1cccc(C2CCCN2CC(=O)Nc2c(C#N)c(C)c(C)n2C2CCCC2)c1. The Labute approximate surface area is 184 Å². The minimum Gasteiger partial charge on any atom is -0.497 e. The fourth-order valence-corrected chi connectivity index (χ4v) is 5.30. The number of ether oxygens (including phenoxy) is 1. The third kappa shape index (κ3) is 4.20. The van der Waals surface area contributed by atoms with Gasteiger partial charge < -0.3 is 14.6 Å². The van der Waals surface area contributed by atoms with Gasteiger partial charge in [0.2, 0.25) is 5.91 Å². The lowest BCUT2D eigenvalue weighted by Gasteiger charge is -2.25. The van der Waals surface area contributed by atoms with E-state index in [0.29, 0.717) is 24.0 Å². The monoisotopic (exact) mass is 420 g/mol. The number of nitrogens with one attached hydrogen (secondary N) is 1. The molecule has 6 nitrogen and oxygen atoms in total. The van der Waals surface area contributed by atoms with Gasteiger partial charge in [-0.05, 0) is 69.3 Å².